The lowest BCUT2D eigenvalue weighted by molar-refractivity contribution is 0.0720. The van der Waals surface area contributed by atoms with E-state index in [9.17, 15) is 9.90 Å². The minimum Gasteiger partial charge on any atom is -0.488 e. The quantitative estimate of drug-likeness (QED) is 0.534. The van der Waals surface area contributed by atoms with E-state index >= 15 is 0 Å². The monoisotopic (exact) mass is 493 g/mol. The number of hydrogen-bond donors (Lipinski definition) is 1. The van der Waals surface area contributed by atoms with Gasteiger partial charge in [-0.3, -0.25) is 9.36 Å². The molecule has 3 heterocycles. The fourth-order valence-corrected chi connectivity index (χ4v) is 5.87. The van der Waals surface area contributed by atoms with E-state index in [1.165, 1.54) is 11.3 Å². The van der Waals surface area contributed by atoms with Crippen molar-refractivity contribution in [2.24, 2.45) is 0 Å². The Balaban J connectivity index is 1.71. The van der Waals surface area contributed by atoms with Crippen molar-refractivity contribution >= 4 is 47.6 Å². The molecule has 0 radical (unpaired) electrons. The van der Waals surface area contributed by atoms with Crippen molar-refractivity contribution in [3.63, 3.8) is 0 Å². The third-order valence-corrected chi connectivity index (χ3v) is 7.54. The molecule has 8 heteroatoms. The van der Waals surface area contributed by atoms with Crippen LogP contribution in [0.1, 0.15) is 38.9 Å². The summed E-state index contributed by atoms with van der Waals surface area (Å²) in [5.41, 5.74) is 0.0537. The van der Waals surface area contributed by atoms with E-state index < -0.39 is 6.10 Å². The summed E-state index contributed by atoms with van der Waals surface area (Å²) in [5, 5.41) is 12.0. The molecule has 0 amide bonds. The average molecular weight is 494 g/mol. The standard InChI is InChI=1S/C22H28BrN3O3S/c1-3-25(4-2)12-14(27)13-29-19-16(23)10-9-15-18-21(30-20(15)19)24-17-8-6-5-7-11-26(17)22(18)28/h9-10,14,27H,3-8,11-13H2,1-2H3. The SMILES string of the molecule is CCN(CC)CC(O)COc1c(Br)ccc2c1sc1nc3n(c(=O)c12)CCCCC3. The van der Waals surface area contributed by atoms with Crippen LogP contribution in [0.4, 0.5) is 0 Å². The van der Waals surface area contributed by atoms with E-state index in [0.29, 0.717) is 17.7 Å². The van der Waals surface area contributed by atoms with Crippen LogP contribution in [-0.2, 0) is 13.0 Å². The molecule has 0 bridgehead atoms. The largest absolute Gasteiger partial charge is 0.488 e. The Kier molecular flexibility index (Phi) is 6.77. The molecular formula is C22H28BrN3O3S. The highest BCUT2D eigenvalue weighted by Crippen LogP contribution is 2.41. The van der Waals surface area contributed by atoms with Crippen LogP contribution >= 0.6 is 27.3 Å². The molecule has 4 rings (SSSR count). The van der Waals surface area contributed by atoms with E-state index in [1.807, 2.05) is 16.7 Å². The van der Waals surface area contributed by atoms with Crippen LogP contribution in [0.3, 0.4) is 0 Å². The van der Waals surface area contributed by atoms with Crippen molar-refractivity contribution in [3.8, 4) is 5.75 Å². The number of aliphatic hydroxyl groups is 1. The summed E-state index contributed by atoms with van der Waals surface area (Å²) >= 11 is 5.08. The zero-order valence-corrected chi connectivity index (χ0v) is 19.9. The number of nitrogens with zero attached hydrogens (tertiary/aromatic N) is 3. The Labute approximate surface area is 188 Å². The molecule has 2 aromatic heterocycles. The maximum Gasteiger partial charge on any atom is 0.262 e. The molecule has 1 aromatic carbocycles. The van der Waals surface area contributed by atoms with Crippen molar-refractivity contribution in [1.29, 1.82) is 0 Å². The Morgan fingerprint density at radius 3 is 2.87 bits per heavy atom. The Morgan fingerprint density at radius 2 is 2.10 bits per heavy atom. The Bertz CT molecular complexity index is 1110. The number of ether oxygens (including phenoxy) is 1. The van der Waals surface area contributed by atoms with Crippen molar-refractivity contribution in [2.45, 2.75) is 52.2 Å². The summed E-state index contributed by atoms with van der Waals surface area (Å²) in [6, 6.07) is 3.88. The third-order valence-electron chi connectivity index (χ3n) is 5.81. The van der Waals surface area contributed by atoms with Crippen LogP contribution in [0.25, 0.3) is 20.3 Å². The smallest absolute Gasteiger partial charge is 0.262 e. The predicted molar refractivity (Wildman–Crippen MR) is 126 cm³/mol. The molecular weight excluding hydrogens is 466 g/mol. The molecule has 3 aromatic rings. The molecule has 1 unspecified atom stereocenters. The number of thiophene rings is 1. The zero-order valence-electron chi connectivity index (χ0n) is 17.5. The maximum atomic E-state index is 13.3. The van der Waals surface area contributed by atoms with Crippen LogP contribution in [0, 0.1) is 0 Å². The molecule has 1 aliphatic rings. The molecule has 0 saturated heterocycles. The number of aryl methyl sites for hydroxylation is 1. The molecule has 0 aliphatic carbocycles. The van der Waals surface area contributed by atoms with Gasteiger partial charge in [-0.15, -0.1) is 11.3 Å². The highest BCUT2D eigenvalue weighted by Gasteiger charge is 2.21. The lowest BCUT2D eigenvalue weighted by atomic mass is 10.2. The third kappa shape index (κ3) is 4.15. The van der Waals surface area contributed by atoms with Gasteiger partial charge in [0.1, 0.15) is 23.4 Å². The lowest BCUT2D eigenvalue weighted by Crippen LogP contribution is -2.35. The molecule has 0 spiro atoms. The second-order valence-corrected chi connectivity index (χ2v) is 9.63. The van der Waals surface area contributed by atoms with Gasteiger partial charge in [-0.1, -0.05) is 26.3 Å². The highest BCUT2D eigenvalue weighted by atomic mass is 79.9. The van der Waals surface area contributed by atoms with Gasteiger partial charge in [-0.2, -0.15) is 0 Å². The summed E-state index contributed by atoms with van der Waals surface area (Å²) < 4.78 is 9.65. The molecule has 1 atom stereocenters. The number of aromatic nitrogens is 2. The van der Waals surface area contributed by atoms with Crippen LogP contribution in [0.5, 0.6) is 5.75 Å². The first kappa shape index (κ1) is 21.7. The average Bonchev–Trinajstić information content (AvgIpc) is 2.93. The summed E-state index contributed by atoms with van der Waals surface area (Å²) in [7, 11) is 0. The maximum absolute atomic E-state index is 13.3. The second kappa shape index (κ2) is 9.34. The van der Waals surface area contributed by atoms with Gasteiger partial charge in [0.2, 0.25) is 0 Å². The summed E-state index contributed by atoms with van der Waals surface area (Å²) in [6.45, 7) is 7.46. The van der Waals surface area contributed by atoms with Gasteiger partial charge < -0.3 is 14.7 Å². The zero-order chi connectivity index (χ0) is 21.3. The van der Waals surface area contributed by atoms with Gasteiger partial charge in [0, 0.05) is 24.9 Å². The van der Waals surface area contributed by atoms with E-state index in [-0.39, 0.29) is 12.2 Å². The fourth-order valence-electron chi connectivity index (χ4n) is 4.11. The number of rotatable bonds is 7. The molecule has 30 heavy (non-hydrogen) atoms. The van der Waals surface area contributed by atoms with Crippen LogP contribution < -0.4 is 10.3 Å². The van der Waals surface area contributed by atoms with E-state index in [1.54, 1.807) is 0 Å². The second-order valence-electron chi connectivity index (χ2n) is 7.78. The van der Waals surface area contributed by atoms with Crippen molar-refractivity contribution in [2.75, 3.05) is 26.2 Å². The molecule has 162 valence electrons. The first-order valence-corrected chi connectivity index (χ1v) is 12.3. The number of hydrogen-bond acceptors (Lipinski definition) is 6. The molecule has 1 aliphatic heterocycles. The van der Waals surface area contributed by atoms with E-state index in [4.69, 9.17) is 9.72 Å². The van der Waals surface area contributed by atoms with Gasteiger partial charge in [-0.05, 0) is 47.9 Å². The van der Waals surface area contributed by atoms with E-state index in [2.05, 4.69) is 34.7 Å². The first-order chi connectivity index (χ1) is 14.5. The van der Waals surface area contributed by atoms with Gasteiger partial charge in [0.05, 0.1) is 14.6 Å². The van der Waals surface area contributed by atoms with Crippen LogP contribution in [0.2, 0.25) is 0 Å². The summed E-state index contributed by atoms with van der Waals surface area (Å²) in [5.74, 6) is 1.57. The van der Waals surface area contributed by atoms with Gasteiger partial charge in [0.25, 0.3) is 5.56 Å². The predicted octanol–water partition coefficient (Wildman–Crippen LogP) is 4.18. The van der Waals surface area contributed by atoms with Gasteiger partial charge >= 0.3 is 0 Å². The van der Waals surface area contributed by atoms with Crippen molar-refractivity contribution in [1.82, 2.24) is 14.5 Å². The minimum atomic E-state index is -0.582. The number of benzene rings is 1. The normalized spacial score (nSPS) is 15.5. The fraction of sp³-hybridized carbons (Fsp3) is 0.545. The number of fused-ring (bicyclic) bond motifs is 4. The van der Waals surface area contributed by atoms with E-state index in [0.717, 1.165) is 70.5 Å². The van der Waals surface area contributed by atoms with Crippen molar-refractivity contribution in [3.05, 3.63) is 32.8 Å². The van der Waals surface area contributed by atoms with Crippen LogP contribution in [0.15, 0.2) is 21.4 Å². The lowest BCUT2D eigenvalue weighted by Gasteiger charge is -2.22. The van der Waals surface area contributed by atoms with Crippen molar-refractivity contribution < 1.29 is 9.84 Å². The summed E-state index contributed by atoms with van der Waals surface area (Å²) in [4.78, 5) is 21.1. The minimum absolute atomic E-state index is 0.0537. The summed E-state index contributed by atoms with van der Waals surface area (Å²) in [6.07, 6.45) is 3.50. The molecule has 0 fully saturated rings. The molecule has 1 N–H and O–H groups in total. The number of halogens is 1. The highest BCUT2D eigenvalue weighted by molar-refractivity contribution is 9.10. The first-order valence-electron chi connectivity index (χ1n) is 10.7. The Hall–Kier alpha value is -1.48. The Morgan fingerprint density at radius 1 is 1.30 bits per heavy atom. The number of aliphatic hydroxyl groups excluding tert-OH is 1. The topological polar surface area (TPSA) is 67.6 Å². The van der Waals surface area contributed by atoms with Gasteiger partial charge in [0.15, 0.2) is 5.75 Å². The van der Waals surface area contributed by atoms with Gasteiger partial charge in [-0.25, -0.2) is 4.98 Å². The molecule has 6 nitrogen and oxygen atoms in total. The molecule has 0 saturated carbocycles. The number of likely N-dealkylation sites (N-methyl/N-ethyl adjacent to an activating group) is 1. The van der Waals surface area contributed by atoms with Crippen LogP contribution in [-0.4, -0.2) is 51.9 Å².